The molecule has 0 aromatic carbocycles. The molecule has 6 heteroatoms. The molecule has 2 heterocycles. The molecule has 3 nitrogen and oxygen atoms in total. The number of nitrogens with zero attached hydrogens (tertiary/aromatic N) is 1. The van der Waals surface area contributed by atoms with Gasteiger partial charge in [0.25, 0.3) is 0 Å². The number of pyridine rings is 1. The number of esters is 1. The lowest BCUT2D eigenvalue weighted by atomic mass is 10.0. The standard InChI is InChI=1S/C11H11BrClNO2S/c1-3-16-10(15)11(2)9(13)6-4-14-5-7(12)8(6)17-11/h4-5,9H,3H2,1-2H3. The van der Waals surface area contributed by atoms with Gasteiger partial charge in [-0.1, -0.05) is 0 Å². The molecule has 2 rings (SSSR count). The summed E-state index contributed by atoms with van der Waals surface area (Å²) in [5.74, 6) is -0.284. The Balaban J connectivity index is 2.39. The van der Waals surface area contributed by atoms with Crippen molar-refractivity contribution in [2.24, 2.45) is 0 Å². The molecule has 0 radical (unpaired) electrons. The first kappa shape index (κ1) is 13.2. The molecule has 0 fully saturated rings. The van der Waals surface area contributed by atoms with E-state index in [2.05, 4.69) is 20.9 Å². The second-order valence-electron chi connectivity index (χ2n) is 3.83. The van der Waals surface area contributed by atoms with E-state index in [1.807, 2.05) is 0 Å². The van der Waals surface area contributed by atoms with Crippen LogP contribution in [0.15, 0.2) is 21.8 Å². The number of hydrogen-bond donors (Lipinski definition) is 0. The summed E-state index contributed by atoms with van der Waals surface area (Å²) in [6, 6.07) is 0. The van der Waals surface area contributed by atoms with Gasteiger partial charge in [0.05, 0.1) is 12.0 Å². The van der Waals surface area contributed by atoms with Crippen LogP contribution in [0.1, 0.15) is 24.8 Å². The Hall–Kier alpha value is -0.260. The van der Waals surface area contributed by atoms with Crippen molar-refractivity contribution in [3.63, 3.8) is 0 Å². The molecule has 0 saturated heterocycles. The van der Waals surface area contributed by atoms with E-state index >= 15 is 0 Å². The average Bonchev–Trinajstić information content (AvgIpc) is 2.56. The smallest absolute Gasteiger partial charge is 0.324 e. The Morgan fingerprint density at radius 1 is 1.71 bits per heavy atom. The maximum absolute atomic E-state index is 12.0. The predicted molar refractivity (Wildman–Crippen MR) is 71.4 cm³/mol. The highest BCUT2D eigenvalue weighted by molar-refractivity contribution is 9.10. The van der Waals surface area contributed by atoms with E-state index in [1.54, 1.807) is 26.2 Å². The van der Waals surface area contributed by atoms with Crippen molar-refractivity contribution in [2.45, 2.75) is 28.9 Å². The Kier molecular flexibility index (Phi) is 3.71. The molecule has 2 unspecified atom stereocenters. The lowest BCUT2D eigenvalue weighted by Crippen LogP contribution is -2.34. The molecule has 17 heavy (non-hydrogen) atoms. The van der Waals surface area contributed by atoms with Crippen molar-refractivity contribution in [3.8, 4) is 0 Å². The maximum atomic E-state index is 12.0. The zero-order chi connectivity index (χ0) is 12.6. The number of ether oxygens (including phenoxy) is 1. The van der Waals surface area contributed by atoms with Crippen LogP contribution in [0.2, 0.25) is 0 Å². The molecule has 1 aliphatic heterocycles. The normalized spacial score (nSPS) is 26.7. The van der Waals surface area contributed by atoms with Crippen molar-refractivity contribution in [1.82, 2.24) is 4.98 Å². The second kappa shape index (κ2) is 4.78. The molecule has 2 atom stereocenters. The largest absolute Gasteiger partial charge is 0.465 e. The molecular weight excluding hydrogens is 326 g/mol. The van der Waals surface area contributed by atoms with Gasteiger partial charge in [0.15, 0.2) is 0 Å². The van der Waals surface area contributed by atoms with Gasteiger partial charge in [-0.2, -0.15) is 0 Å². The number of rotatable bonds is 2. The van der Waals surface area contributed by atoms with Crippen LogP contribution in [0.3, 0.4) is 0 Å². The summed E-state index contributed by atoms with van der Waals surface area (Å²) in [5, 5.41) is -0.424. The summed E-state index contributed by atoms with van der Waals surface area (Å²) in [5.41, 5.74) is 0.876. The van der Waals surface area contributed by atoms with Gasteiger partial charge in [0.1, 0.15) is 4.75 Å². The van der Waals surface area contributed by atoms with Crippen molar-refractivity contribution in [2.75, 3.05) is 6.61 Å². The minimum atomic E-state index is -0.786. The van der Waals surface area contributed by atoms with Crippen LogP contribution in [-0.4, -0.2) is 22.3 Å². The first-order chi connectivity index (χ1) is 8.00. The molecule has 0 aliphatic carbocycles. The van der Waals surface area contributed by atoms with E-state index in [-0.39, 0.29) is 5.97 Å². The van der Waals surface area contributed by atoms with Crippen LogP contribution in [0.5, 0.6) is 0 Å². The number of carbonyl (C=O) groups is 1. The van der Waals surface area contributed by atoms with Crippen LogP contribution < -0.4 is 0 Å². The number of aromatic nitrogens is 1. The number of thioether (sulfide) groups is 1. The van der Waals surface area contributed by atoms with E-state index in [0.29, 0.717) is 6.61 Å². The first-order valence-electron chi connectivity index (χ1n) is 5.14. The third-order valence-corrected chi connectivity index (χ3v) is 5.78. The fraction of sp³-hybridized carbons (Fsp3) is 0.455. The fourth-order valence-electron chi connectivity index (χ4n) is 1.71. The van der Waals surface area contributed by atoms with Crippen molar-refractivity contribution >= 4 is 45.3 Å². The number of carbonyl (C=O) groups excluding carboxylic acids is 1. The second-order valence-corrected chi connectivity index (χ2v) is 6.58. The van der Waals surface area contributed by atoms with Gasteiger partial charge in [-0.25, -0.2) is 0 Å². The van der Waals surface area contributed by atoms with Gasteiger partial charge >= 0.3 is 5.97 Å². The first-order valence-corrected chi connectivity index (χ1v) is 7.19. The number of fused-ring (bicyclic) bond motifs is 1. The van der Waals surface area contributed by atoms with E-state index < -0.39 is 10.1 Å². The van der Waals surface area contributed by atoms with Gasteiger partial charge in [-0.3, -0.25) is 9.78 Å². The van der Waals surface area contributed by atoms with Crippen molar-refractivity contribution in [1.29, 1.82) is 0 Å². The highest BCUT2D eigenvalue weighted by atomic mass is 79.9. The summed E-state index contributed by atoms with van der Waals surface area (Å²) in [6.45, 7) is 3.95. The van der Waals surface area contributed by atoms with Crippen LogP contribution in [-0.2, 0) is 9.53 Å². The lowest BCUT2D eigenvalue weighted by molar-refractivity contribution is -0.145. The quantitative estimate of drug-likeness (QED) is 0.611. The highest BCUT2D eigenvalue weighted by Crippen LogP contribution is 2.57. The van der Waals surface area contributed by atoms with Gasteiger partial charge in [-0.05, 0) is 29.8 Å². The van der Waals surface area contributed by atoms with Gasteiger partial charge < -0.3 is 4.74 Å². The topological polar surface area (TPSA) is 39.2 Å². The summed E-state index contributed by atoms with van der Waals surface area (Å²) >= 11 is 11.2. The minimum absolute atomic E-state index is 0.284. The SMILES string of the molecule is CCOC(=O)C1(C)Sc2c(Br)cncc2C1Cl. The average molecular weight is 337 g/mol. The van der Waals surface area contributed by atoms with Crippen LogP contribution in [0.4, 0.5) is 0 Å². The maximum Gasteiger partial charge on any atom is 0.324 e. The molecule has 1 aliphatic rings. The monoisotopic (exact) mass is 335 g/mol. The molecule has 0 saturated carbocycles. The molecule has 0 N–H and O–H groups in total. The Morgan fingerprint density at radius 3 is 3.00 bits per heavy atom. The third kappa shape index (κ3) is 2.09. The molecule has 92 valence electrons. The number of hydrogen-bond acceptors (Lipinski definition) is 4. The number of halogens is 2. The van der Waals surface area contributed by atoms with Crippen molar-refractivity contribution in [3.05, 3.63) is 22.4 Å². The molecule has 1 aromatic rings. The van der Waals surface area contributed by atoms with E-state index in [0.717, 1.165) is 14.9 Å². The Labute approximate surface area is 117 Å². The summed E-state index contributed by atoms with van der Waals surface area (Å²) in [4.78, 5) is 17.0. The third-order valence-electron chi connectivity index (χ3n) is 2.63. The summed E-state index contributed by atoms with van der Waals surface area (Å²) in [7, 11) is 0. The Morgan fingerprint density at radius 2 is 2.41 bits per heavy atom. The summed E-state index contributed by atoms with van der Waals surface area (Å²) in [6.07, 6.45) is 3.40. The van der Waals surface area contributed by atoms with Gasteiger partial charge in [-0.15, -0.1) is 23.4 Å². The van der Waals surface area contributed by atoms with Crippen LogP contribution in [0, 0.1) is 0 Å². The molecule has 0 spiro atoms. The Bertz CT molecular complexity index is 471. The van der Waals surface area contributed by atoms with Gasteiger partial charge in [0, 0.05) is 27.3 Å². The van der Waals surface area contributed by atoms with Crippen LogP contribution in [0.25, 0.3) is 0 Å². The molecule has 0 amide bonds. The number of alkyl halides is 1. The van der Waals surface area contributed by atoms with E-state index in [9.17, 15) is 4.79 Å². The van der Waals surface area contributed by atoms with Gasteiger partial charge in [0.2, 0.25) is 0 Å². The van der Waals surface area contributed by atoms with Crippen molar-refractivity contribution < 1.29 is 9.53 Å². The lowest BCUT2D eigenvalue weighted by Gasteiger charge is -2.23. The van der Waals surface area contributed by atoms with E-state index in [1.165, 1.54) is 11.8 Å². The predicted octanol–water partition coefficient (Wildman–Crippen LogP) is 3.55. The zero-order valence-electron chi connectivity index (χ0n) is 9.37. The molecule has 1 aromatic heterocycles. The van der Waals surface area contributed by atoms with E-state index in [4.69, 9.17) is 16.3 Å². The fourth-order valence-corrected chi connectivity index (χ4v) is 3.98. The minimum Gasteiger partial charge on any atom is -0.465 e. The summed E-state index contributed by atoms with van der Waals surface area (Å²) < 4.78 is 5.16. The molecule has 0 bridgehead atoms. The van der Waals surface area contributed by atoms with Crippen LogP contribution >= 0.6 is 39.3 Å². The molecular formula is C11H11BrClNO2S. The highest BCUT2D eigenvalue weighted by Gasteiger charge is 2.50. The zero-order valence-corrected chi connectivity index (χ0v) is 12.5.